The van der Waals surface area contributed by atoms with E-state index in [1.54, 1.807) is 34.7 Å². The van der Waals surface area contributed by atoms with Gasteiger partial charge in [0.15, 0.2) is 0 Å². The van der Waals surface area contributed by atoms with Crippen molar-refractivity contribution in [3.8, 4) is 0 Å². The van der Waals surface area contributed by atoms with Gasteiger partial charge in [0.05, 0.1) is 16.6 Å². The molecule has 144 valence electrons. The smallest absolute Gasteiger partial charge is 0.318 e. The minimum Gasteiger partial charge on any atom is -0.333 e. The van der Waals surface area contributed by atoms with Crippen LogP contribution in [-0.4, -0.2) is 46.7 Å². The summed E-state index contributed by atoms with van der Waals surface area (Å²) in [5.41, 5.74) is 0.560. The molecule has 2 aromatic rings. The normalized spacial score (nSPS) is 17.0. The van der Waals surface area contributed by atoms with E-state index in [-0.39, 0.29) is 30.1 Å². The first-order valence-electron chi connectivity index (χ1n) is 8.75. The molecule has 1 unspecified atom stereocenters. The van der Waals surface area contributed by atoms with Gasteiger partial charge in [-0.2, -0.15) is 5.10 Å². The molecule has 8 heteroatoms. The van der Waals surface area contributed by atoms with Crippen LogP contribution in [0.4, 0.5) is 4.79 Å². The Balaban J connectivity index is 1.76. The Morgan fingerprint density at radius 2 is 1.96 bits per heavy atom. The standard InChI is InChI=1S/C19H24N4O2S2/c1-19(2,3)20-18(25)22(4)12-17(24)23-14(16-8-6-10-27-16)11-13(21-23)15-7-5-9-26-15/h5-10,14H,11-12H2,1-4H3,(H,20,25). The minimum atomic E-state index is -0.355. The van der Waals surface area contributed by atoms with Crippen molar-refractivity contribution in [1.82, 2.24) is 15.2 Å². The van der Waals surface area contributed by atoms with Crippen LogP contribution in [0.5, 0.6) is 0 Å². The number of rotatable bonds is 4. The van der Waals surface area contributed by atoms with Crippen molar-refractivity contribution in [3.05, 3.63) is 44.8 Å². The third-order valence-corrected chi connectivity index (χ3v) is 5.94. The molecule has 2 aromatic heterocycles. The lowest BCUT2D eigenvalue weighted by Gasteiger charge is -2.27. The van der Waals surface area contributed by atoms with Gasteiger partial charge < -0.3 is 10.2 Å². The molecular formula is C19H24N4O2S2. The number of carbonyl (C=O) groups is 2. The number of nitrogens with zero attached hydrogens (tertiary/aromatic N) is 3. The first-order valence-corrected chi connectivity index (χ1v) is 10.5. The molecule has 0 spiro atoms. The third kappa shape index (κ3) is 4.75. The van der Waals surface area contributed by atoms with Crippen LogP contribution in [0, 0.1) is 0 Å². The van der Waals surface area contributed by atoms with Crippen molar-refractivity contribution in [1.29, 1.82) is 0 Å². The van der Waals surface area contributed by atoms with E-state index in [0.717, 1.165) is 15.5 Å². The Labute approximate surface area is 167 Å². The fraction of sp³-hybridized carbons (Fsp3) is 0.421. The van der Waals surface area contributed by atoms with Gasteiger partial charge in [-0.25, -0.2) is 9.80 Å². The van der Waals surface area contributed by atoms with Gasteiger partial charge in [0.1, 0.15) is 6.54 Å². The van der Waals surface area contributed by atoms with Crippen LogP contribution in [0.3, 0.4) is 0 Å². The molecule has 1 aliphatic rings. The Bertz CT molecular complexity index is 823. The molecule has 0 aromatic carbocycles. The van der Waals surface area contributed by atoms with Crippen molar-refractivity contribution in [2.75, 3.05) is 13.6 Å². The number of amides is 3. The number of hydrazone groups is 1. The summed E-state index contributed by atoms with van der Waals surface area (Å²) in [5.74, 6) is -0.188. The highest BCUT2D eigenvalue weighted by atomic mass is 32.1. The molecule has 6 nitrogen and oxygen atoms in total. The van der Waals surface area contributed by atoms with Crippen LogP contribution >= 0.6 is 22.7 Å². The highest BCUT2D eigenvalue weighted by Crippen LogP contribution is 2.35. The van der Waals surface area contributed by atoms with E-state index in [1.165, 1.54) is 4.90 Å². The number of hydrogen-bond donors (Lipinski definition) is 1. The fourth-order valence-corrected chi connectivity index (χ4v) is 4.33. The number of urea groups is 1. The lowest BCUT2D eigenvalue weighted by atomic mass is 10.1. The highest BCUT2D eigenvalue weighted by Gasteiger charge is 2.34. The fourth-order valence-electron chi connectivity index (χ4n) is 2.80. The molecule has 0 bridgehead atoms. The molecule has 0 aliphatic carbocycles. The quantitative estimate of drug-likeness (QED) is 0.839. The number of hydrogen-bond acceptors (Lipinski definition) is 5. The van der Waals surface area contributed by atoms with E-state index in [9.17, 15) is 9.59 Å². The second-order valence-electron chi connectivity index (χ2n) is 7.53. The van der Waals surface area contributed by atoms with Gasteiger partial charge in [-0.1, -0.05) is 12.1 Å². The third-order valence-electron chi connectivity index (χ3n) is 4.04. The zero-order valence-electron chi connectivity index (χ0n) is 15.9. The van der Waals surface area contributed by atoms with Crippen LogP contribution in [0.1, 0.15) is 43.0 Å². The van der Waals surface area contributed by atoms with Crippen molar-refractivity contribution >= 4 is 40.3 Å². The Morgan fingerprint density at radius 1 is 1.26 bits per heavy atom. The second-order valence-corrected chi connectivity index (χ2v) is 9.46. The predicted molar refractivity (Wildman–Crippen MR) is 110 cm³/mol. The van der Waals surface area contributed by atoms with E-state index in [2.05, 4.69) is 10.4 Å². The van der Waals surface area contributed by atoms with Crippen LogP contribution < -0.4 is 5.32 Å². The summed E-state index contributed by atoms with van der Waals surface area (Å²) in [5, 5.41) is 13.0. The number of nitrogens with one attached hydrogen (secondary N) is 1. The maximum Gasteiger partial charge on any atom is 0.318 e. The maximum absolute atomic E-state index is 13.0. The summed E-state index contributed by atoms with van der Waals surface area (Å²) in [6.45, 7) is 5.70. The van der Waals surface area contributed by atoms with Crippen LogP contribution in [0.2, 0.25) is 0 Å². The molecular weight excluding hydrogens is 380 g/mol. The zero-order valence-corrected chi connectivity index (χ0v) is 17.6. The molecule has 3 heterocycles. The Kier molecular flexibility index (Phi) is 5.67. The van der Waals surface area contributed by atoms with Crippen molar-refractivity contribution in [2.45, 2.75) is 38.8 Å². The largest absolute Gasteiger partial charge is 0.333 e. The molecule has 0 fully saturated rings. The van der Waals surface area contributed by atoms with Gasteiger partial charge in [0.25, 0.3) is 5.91 Å². The van der Waals surface area contributed by atoms with Gasteiger partial charge >= 0.3 is 6.03 Å². The SMILES string of the molecule is CN(CC(=O)N1N=C(c2cccs2)CC1c1cccs1)C(=O)NC(C)(C)C. The van der Waals surface area contributed by atoms with E-state index in [4.69, 9.17) is 0 Å². The van der Waals surface area contributed by atoms with E-state index >= 15 is 0 Å². The molecule has 3 rings (SSSR count). The van der Waals surface area contributed by atoms with E-state index in [0.29, 0.717) is 6.42 Å². The zero-order chi connectivity index (χ0) is 19.6. The molecule has 27 heavy (non-hydrogen) atoms. The Morgan fingerprint density at radius 3 is 2.56 bits per heavy atom. The molecule has 1 aliphatic heterocycles. The lowest BCUT2D eigenvalue weighted by molar-refractivity contribution is -0.133. The first-order chi connectivity index (χ1) is 12.7. The summed E-state index contributed by atoms with van der Waals surface area (Å²) in [6.07, 6.45) is 0.685. The first kappa shape index (κ1) is 19.6. The molecule has 1 N–H and O–H groups in total. The summed E-state index contributed by atoms with van der Waals surface area (Å²) in [4.78, 5) is 28.8. The summed E-state index contributed by atoms with van der Waals surface area (Å²) in [7, 11) is 1.62. The Hall–Kier alpha value is -2.19. The van der Waals surface area contributed by atoms with E-state index < -0.39 is 0 Å². The second kappa shape index (κ2) is 7.82. The monoisotopic (exact) mass is 404 g/mol. The van der Waals surface area contributed by atoms with Crippen molar-refractivity contribution in [3.63, 3.8) is 0 Å². The number of likely N-dealkylation sites (N-methyl/N-ethyl adjacent to an activating group) is 1. The van der Waals surface area contributed by atoms with Crippen molar-refractivity contribution < 1.29 is 9.59 Å². The summed E-state index contributed by atoms with van der Waals surface area (Å²) >= 11 is 3.24. The van der Waals surface area contributed by atoms with Gasteiger partial charge in [-0.15, -0.1) is 22.7 Å². The van der Waals surface area contributed by atoms with Crippen molar-refractivity contribution in [2.24, 2.45) is 5.10 Å². The van der Waals surface area contributed by atoms with Crippen LogP contribution in [-0.2, 0) is 4.79 Å². The number of thiophene rings is 2. The van der Waals surface area contributed by atoms with Gasteiger partial charge in [0.2, 0.25) is 0 Å². The molecule has 3 amide bonds. The van der Waals surface area contributed by atoms with Gasteiger partial charge in [-0.3, -0.25) is 4.79 Å². The maximum atomic E-state index is 13.0. The van der Waals surface area contributed by atoms with Gasteiger partial charge in [-0.05, 0) is 43.7 Å². The average Bonchev–Trinajstić information content (AvgIpc) is 3.32. The topological polar surface area (TPSA) is 65.0 Å². The highest BCUT2D eigenvalue weighted by molar-refractivity contribution is 7.12. The number of carbonyl (C=O) groups excluding carboxylic acids is 2. The molecule has 0 saturated heterocycles. The lowest BCUT2D eigenvalue weighted by Crippen LogP contribution is -2.49. The summed E-state index contributed by atoms with van der Waals surface area (Å²) in [6, 6.07) is 7.62. The van der Waals surface area contributed by atoms with Crippen LogP contribution in [0.25, 0.3) is 0 Å². The summed E-state index contributed by atoms with van der Waals surface area (Å²) < 4.78 is 0. The van der Waals surface area contributed by atoms with Gasteiger partial charge in [0, 0.05) is 23.9 Å². The van der Waals surface area contributed by atoms with E-state index in [1.807, 2.05) is 55.8 Å². The minimum absolute atomic E-state index is 0.0228. The molecule has 0 saturated carbocycles. The predicted octanol–water partition coefficient (Wildman–Crippen LogP) is 3.93. The molecule has 1 atom stereocenters. The molecule has 0 radical (unpaired) electrons. The average molecular weight is 405 g/mol. The van der Waals surface area contributed by atoms with Crippen LogP contribution in [0.15, 0.2) is 40.1 Å².